The molecule has 2 aromatic carbocycles. The van der Waals surface area contributed by atoms with E-state index in [0.717, 1.165) is 47.9 Å². The van der Waals surface area contributed by atoms with Gasteiger partial charge >= 0.3 is 0 Å². The summed E-state index contributed by atoms with van der Waals surface area (Å²) in [6.07, 6.45) is 2.96. The molecule has 26 heavy (non-hydrogen) atoms. The van der Waals surface area contributed by atoms with E-state index in [1.807, 2.05) is 0 Å². The highest BCUT2D eigenvalue weighted by Crippen LogP contribution is 2.37. The van der Waals surface area contributed by atoms with Gasteiger partial charge in [-0.25, -0.2) is 0 Å². The quantitative estimate of drug-likeness (QED) is 0.650. The largest absolute Gasteiger partial charge is 0.507 e. The fourth-order valence-corrected chi connectivity index (χ4v) is 3.69. The normalized spacial score (nSPS) is 15.0. The highest BCUT2D eigenvalue weighted by Gasteiger charge is 2.23. The van der Waals surface area contributed by atoms with E-state index in [1.54, 1.807) is 0 Å². The van der Waals surface area contributed by atoms with Crippen molar-refractivity contribution in [2.24, 2.45) is 0 Å². The summed E-state index contributed by atoms with van der Waals surface area (Å²) < 4.78 is 0. The third-order valence-corrected chi connectivity index (χ3v) is 5.59. The van der Waals surface area contributed by atoms with Crippen LogP contribution in [0.1, 0.15) is 74.9 Å². The van der Waals surface area contributed by atoms with Gasteiger partial charge in [-0.3, -0.25) is 0 Å². The molecule has 0 aromatic heterocycles. The molecule has 3 rings (SSSR count). The molecule has 0 saturated carbocycles. The molecular weight excluding hydrogens is 320 g/mol. The van der Waals surface area contributed by atoms with E-state index in [-0.39, 0.29) is 10.8 Å². The summed E-state index contributed by atoms with van der Waals surface area (Å²) in [5.74, 6) is 0.886. The Morgan fingerprint density at radius 2 is 0.769 bits per heavy atom. The number of fused-ring (bicyclic) bond motifs is 4. The molecule has 0 heterocycles. The minimum Gasteiger partial charge on any atom is -0.507 e. The first-order valence-electron chi connectivity index (χ1n) is 9.67. The number of phenolic OH excluding ortho intramolecular Hbond substituents is 2. The van der Waals surface area contributed by atoms with Crippen molar-refractivity contribution in [1.82, 2.24) is 0 Å². The fourth-order valence-electron chi connectivity index (χ4n) is 3.69. The Hall–Kier alpha value is -1.96. The Labute approximate surface area is 157 Å². The Balaban J connectivity index is 2.10. The van der Waals surface area contributed by atoms with Crippen molar-refractivity contribution >= 4 is 0 Å². The van der Waals surface area contributed by atoms with Crippen LogP contribution in [0.5, 0.6) is 11.5 Å². The topological polar surface area (TPSA) is 40.5 Å². The molecule has 140 valence electrons. The van der Waals surface area contributed by atoms with Crippen molar-refractivity contribution in [3.8, 4) is 11.5 Å². The summed E-state index contributed by atoms with van der Waals surface area (Å²) in [5.41, 5.74) is 6.63. The second-order valence-electron chi connectivity index (χ2n) is 9.79. The lowest BCUT2D eigenvalue weighted by Gasteiger charge is -2.25. The molecule has 2 aromatic rings. The van der Waals surface area contributed by atoms with Gasteiger partial charge in [-0.15, -0.1) is 0 Å². The molecule has 1 aliphatic rings. The van der Waals surface area contributed by atoms with Crippen LogP contribution in [0.3, 0.4) is 0 Å². The second kappa shape index (κ2) is 6.33. The zero-order chi connectivity index (χ0) is 19.3. The molecule has 0 saturated heterocycles. The lowest BCUT2D eigenvalue weighted by atomic mass is 9.80. The van der Waals surface area contributed by atoms with Gasteiger partial charge in [0.1, 0.15) is 11.5 Å². The van der Waals surface area contributed by atoms with Gasteiger partial charge in [0.05, 0.1) is 0 Å². The van der Waals surface area contributed by atoms with E-state index in [1.165, 1.54) is 11.1 Å². The molecule has 0 fully saturated rings. The molecule has 0 unspecified atom stereocenters. The number of aryl methyl sites for hydroxylation is 4. The van der Waals surface area contributed by atoms with Crippen LogP contribution in [0.15, 0.2) is 24.3 Å². The van der Waals surface area contributed by atoms with Gasteiger partial charge in [0.25, 0.3) is 0 Å². The van der Waals surface area contributed by atoms with E-state index in [2.05, 4.69) is 65.8 Å². The Morgan fingerprint density at radius 1 is 0.538 bits per heavy atom. The Kier molecular flexibility index (Phi) is 4.58. The number of aromatic hydroxyl groups is 2. The average Bonchev–Trinajstić information content (AvgIpc) is 2.51. The van der Waals surface area contributed by atoms with Crippen molar-refractivity contribution in [2.45, 2.75) is 78.1 Å². The molecule has 0 atom stereocenters. The third-order valence-electron chi connectivity index (χ3n) is 5.59. The van der Waals surface area contributed by atoms with Crippen LogP contribution in [-0.2, 0) is 36.5 Å². The SMILES string of the molecule is CC(C)(C)c1cc2c(O)c(c1)CCc1cc(C(C)(C)C)cc(c1O)CC2. The summed E-state index contributed by atoms with van der Waals surface area (Å²) in [7, 11) is 0. The first-order valence-corrected chi connectivity index (χ1v) is 9.67. The minimum atomic E-state index is 0.0527. The van der Waals surface area contributed by atoms with Gasteiger partial charge in [0.15, 0.2) is 0 Å². The number of hydrogen-bond acceptors (Lipinski definition) is 2. The van der Waals surface area contributed by atoms with Crippen molar-refractivity contribution in [3.05, 3.63) is 57.6 Å². The minimum absolute atomic E-state index is 0.0527. The Bertz CT molecular complexity index is 711. The first kappa shape index (κ1) is 18.8. The maximum atomic E-state index is 10.8. The lowest BCUT2D eigenvalue weighted by molar-refractivity contribution is 0.447. The van der Waals surface area contributed by atoms with Crippen molar-refractivity contribution in [3.63, 3.8) is 0 Å². The summed E-state index contributed by atoms with van der Waals surface area (Å²) in [6, 6.07) is 8.58. The molecule has 4 bridgehead atoms. The molecule has 2 nitrogen and oxygen atoms in total. The van der Waals surface area contributed by atoms with Gasteiger partial charge in [-0.05, 0) is 69.9 Å². The highest BCUT2D eigenvalue weighted by atomic mass is 16.3. The fraction of sp³-hybridized carbons (Fsp3) is 0.500. The lowest BCUT2D eigenvalue weighted by Crippen LogP contribution is -2.15. The van der Waals surface area contributed by atoms with E-state index >= 15 is 0 Å². The van der Waals surface area contributed by atoms with Gasteiger partial charge in [-0.2, -0.15) is 0 Å². The highest BCUT2D eigenvalue weighted by molar-refractivity contribution is 5.51. The first-order chi connectivity index (χ1) is 12.0. The van der Waals surface area contributed by atoms with Crippen molar-refractivity contribution in [2.75, 3.05) is 0 Å². The summed E-state index contributed by atoms with van der Waals surface area (Å²) in [6.45, 7) is 13.3. The molecule has 0 spiro atoms. The standard InChI is InChI=1S/C24H32O2/c1-23(2,3)19-11-15-7-9-17-13-20(24(4,5)6)14-18(22(17)26)10-8-16(12-19)21(15)25/h11-14,25-26H,7-10H2,1-6H3. The smallest absolute Gasteiger partial charge is 0.121 e. The maximum Gasteiger partial charge on any atom is 0.121 e. The molecule has 2 heteroatoms. The van der Waals surface area contributed by atoms with Gasteiger partial charge in [0.2, 0.25) is 0 Å². The van der Waals surface area contributed by atoms with Crippen LogP contribution in [0.4, 0.5) is 0 Å². The zero-order valence-electron chi connectivity index (χ0n) is 17.0. The van der Waals surface area contributed by atoms with Crippen LogP contribution in [0, 0.1) is 0 Å². The molecule has 0 aliphatic heterocycles. The van der Waals surface area contributed by atoms with Crippen LogP contribution in [-0.4, -0.2) is 10.2 Å². The van der Waals surface area contributed by atoms with Crippen LogP contribution >= 0.6 is 0 Å². The number of hydrogen-bond donors (Lipinski definition) is 2. The predicted octanol–water partition coefficient (Wildman–Crippen LogP) is 5.58. The maximum absolute atomic E-state index is 10.8. The molecular formula is C24H32O2. The molecule has 0 radical (unpaired) electrons. The monoisotopic (exact) mass is 352 g/mol. The second-order valence-corrected chi connectivity index (χ2v) is 9.79. The number of phenols is 2. The van der Waals surface area contributed by atoms with Crippen molar-refractivity contribution < 1.29 is 10.2 Å². The number of benzene rings is 2. The van der Waals surface area contributed by atoms with Gasteiger partial charge in [-0.1, -0.05) is 65.8 Å². The third kappa shape index (κ3) is 3.60. The summed E-state index contributed by atoms with van der Waals surface area (Å²) in [4.78, 5) is 0. The van der Waals surface area contributed by atoms with E-state index in [0.29, 0.717) is 11.5 Å². The van der Waals surface area contributed by atoms with E-state index in [9.17, 15) is 10.2 Å². The summed E-state index contributed by atoms with van der Waals surface area (Å²) in [5, 5.41) is 21.5. The van der Waals surface area contributed by atoms with E-state index in [4.69, 9.17) is 0 Å². The van der Waals surface area contributed by atoms with Gasteiger partial charge in [0, 0.05) is 0 Å². The zero-order valence-corrected chi connectivity index (χ0v) is 17.0. The molecule has 1 aliphatic carbocycles. The molecule has 2 N–H and O–H groups in total. The van der Waals surface area contributed by atoms with Crippen LogP contribution in [0.2, 0.25) is 0 Å². The average molecular weight is 353 g/mol. The van der Waals surface area contributed by atoms with Gasteiger partial charge < -0.3 is 10.2 Å². The van der Waals surface area contributed by atoms with Crippen LogP contribution < -0.4 is 0 Å². The summed E-state index contributed by atoms with van der Waals surface area (Å²) >= 11 is 0. The molecule has 0 amide bonds. The predicted molar refractivity (Wildman–Crippen MR) is 108 cm³/mol. The number of rotatable bonds is 0. The van der Waals surface area contributed by atoms with E-state index < -0.39 is 0 Å². The van der Waals surface area contributed by atoms with Crippen LogP contribution in [0.25, 0.3) is 0 Å². The van der Waals surface area contributed by atoms with Crippen molar-refractivity contribution in [1.29, 1.82) is 0 Å². The Morgan fingerprint density at radius 3 is 0.962 bits per heavy atom.